The molecule has 1 aromatic carbocycles. The van der Waals surface area contributed by atoms with Crippen molar-refractivity contribution in [3.8, 4) is 17.0 Å². The van der Waals surface area contributed by atoms with Gasteiger partial charge in [0.05, 0.1) is 23.8 Å². The number of nitrogens with zero attached hydrogens (tertiary/aromatic N) is 4. The van der Waals surface area contributed by atoms with E-state index in [2.05, 4.69) is 25.7 Å². The molecule has 0 spiro atoms. The summed E-state index contributed by atoms with van der Waals surface area (Å²) in [7, 11) is 1.86. The lowest BCUT2D eigenvalue weighted by Gasteiger charge is -2.12. The number of carbonyl (C=O) groups is 1. The largest absolute Gasteiger partial charge is 0.508 e. The highest BCUT2D eigenvalue weighted by atomic mass is 32.1. The number of pyridine rings is 1. The van der Waals surface area contributed by atoms with Crippen LogP contribution in [0.1, 0.15) is 26.4 Å². The molecule has 0 unspecified atom stereocenters. The first-order valence-electron chi connectivity index (χ1n) is 9.62. The van der Waals surface area contributed by atoms with E-state index in [1.807, 2.05) is 39.2 Å². The van der Waals surface area contributed by atoms with E-state index in [9.17, 15) is 9.90 Å². The molecule has 4 aromatic rings. The SMILES string of the molecule is Cc1ccc(-c2cnn(C)c2)nc1Nc1ncc(C(=O)Nc2c(C)ccc(O)c2C)s1. The van der Waals surface area contributed by atoms with E-state index in [0.29, 0.717) is 27.1 Å². The van der Waals surface area contributed by atoms with Crippen LogP contribution in [0, 0.1) is 20.8 Å². The third-order valence-corrected chi connectivity index (χ3v) is 5.85. The van der Waals surface area contributed by atoms with Crippen molar-refractivity contribution >= 4 is 33.9 Å². The van der Waals surface area contributed by atoms with Gasteiger partial charge in [0.15, 0.2) is 5.13 Å². The van der Waals surface area contributed by atoms with Crippen molar-refractivity contribution in [2.75, 3.05) is 10.6 Å². The van der Waals surface area contributed by atoms with E-state index in [1.54, 1.807) is 29.9 Å². The average molecular weight is 435 g/mol. The number of hydrogen-bond donors (Lipinski definition) is 3. The maximum absolute atomic E-state index is 12.7. The van der Waals surface area contributed by atoms with Crippen molar-refractivity contribution in [3.63, 3.8) is 0 Å². The number of rotatable bonds is 5. The van der Waals surface area contributed by atoms with Gasteiger partial charge in [-0.15, -0.1) is 0 Å². The van der Waals surface area contributed by atoms with E-state index in [0.717, 1.165) is 22.4 Å². The number of phenols is 1. The number of hydrogen-bond acceptors (Lipinski definition) is 7. The van der Waals surface area contributed by atoms with Gasteiger partial charge in [-0.25, -0.2) is 9.97 Å². The molecule has 0 bridgehead atoms. The predicted molar refractivity (Wildman–Crippen MR) is 122 cm³/mol. The molecular weight excluding hydrogens is 412 g/mol. The van der Waals surface area contributed by atoms with Gasteiger partial charge in [0, 0.05) is 24.4 Å². The van der Waals surface area contributed by atoms with E-state index < -0.39 is 0 Å². The van der Waals surface area contributed by atoms with E-state index in [1.165, 1.54) is 17.5 Å². The Morgan fingerprint density at radius 3 is 2.61 bits per heavy atom. The summed E-state index contributed by atoms with van der Waals surface area (Å²) in [5, 5.41) is 20.8. The molecule has 0 saturated carbocycles. The van der Waals surface area contributed by atoms with Gasteiger partial charge < -0.3 is 15.7 Å². The normalized spacial score (nSPS) is 10.8. The molecule has 3 aromatic heterocycles. The Balaban J connectivity index is 1.53. The van der Waals surface area contributed by atoms with E-state index in [4.69, 9.17) is 0 Å². The zero-order valence-electron chi connectivity index (χ0n) is 17.6. The standard InChI is InChI=1S/C22H22N6O2S/c1-12-6-8-17(29)14(3)19(12)26-21(30)18-10-23-22(31-18)27-20-13(2)5-7-16(25-20)15-9-24-28(4)11-15/h5-11,29H,1-4H3,(H,26,30)(H,23,25,27). The highest BCUT2D eigenvalue weighted by Crippen LogP contribution is 2.30. The summed E-state index contributed by atoms with van der Waals surface area (Å²) >= 11 is 1.23. The molecule has 0 atom stereocenters. The Bertz CT molecular complexity index is 1280. The minimum absolute atomic E-state index is 0.141. The second-order valence-corrected chi connectivity index (χ2v) is 8.31. The molecule has 0 aliphatic rings. The fraction of sp³-hybridized carbons (Fsp3) is 0.182. The smallest absolute Gasteiger partial charge is 0.267 e. The molecule has 8 nitrogen and oxygen atoms in total. The summed E-state index contributed by atoms with van der Waals surface area (Å²) in [4.78, 5) is 22.2. The van der Waals surface area contributed by atoms with Gasteiger partial charge in [-0.2, -0.15) is 5.10 Å². The van der Waals surface area contributed by atoms with Gasteiger partial charge in [0.25, 0.3) is 5.91 Å². The third kappa shape index (κ3) is 4.26. The van der Waals surface area contributed by atoms with Crippen molar-refractivity contribution in [1.29, 1.82) is 0 Å². The lowest BCUT2D eigenvalue weighted by atomic mass is 10.1. The Morgan fingerprint density at radius 2 is 1.87 bits per heavy atom. The zero-order valence-corrected chi connectivity index (χ0v) is 18.4. The van der Waals surface area contributed by atoms with Crippen LogP contribution in [0.2, 0.25) is 0 Å². The van der Waals surface area contributed by atoms with Crippen LogP contribution in [0.25, 0.3) is 11.3 Å². The van der Waals surface area contributed by atoms with Crippen molar-refractivity contribution in [1.82, 2.24) is 19.7 Å². The molecule has 3 heterocycles. The lowest BCUT2D eigenvalue weighted by molar-refractivity contribution is 0.103. The van der Waals surface area contributed by atoms with Gasteiger partial charge in [-0.3, -0.25) is 9.48 Å². The quantitative estimate of drug-likeness (QED) is 0.425. The summed E-state index contributed by atoms with van der Waals surface area (Å²) in [5.41, 5.74) is 4.78. The molecule has 158 valence electrons. The Labute approximate surface area is 183 Å². The highest BCUT2D eigenvalue weighted by molar-refractivity contribution is 7.17. The highest BCUT2D eigenvalue weighted by Gasteiger charge is 2.16. The van der Waals surface area contributed by atoms with Crippen molar-refractivity contribution in [3.05, 3.63) is 64.4 Å². The van der Waals surface area contributed by atoms with Crippen molar-refractivity contribution < 1.29 is 9.90 Å². The predicted octanol–water partition coefficient (Wildman–Crippen LogP) is 4.57. The molecule has 3 N–H and O–H groups in total. The topological polar surface area (TPSA) is 105 Å². The van der Waals surface area contributed by atoms with Gasteiger partial charge in [0.2, 0.25) is 0 Å². The molecule has 9 heteroatoms. The number of nitrogens with one attached hydrogen (secondary N) is 2. The number of aromatic hydroxyl groups is 1. The fourth-order valence-corrected chi connectivity index (χ4v) is 3.82. The van der Waals surface area contributed by atoms with Crippen LogP contribution < -0.4 is 10.6 Å². The average Bonchev–Trinajstić information content (AvgIpc) is 3.39. The summed E-state index contributed by atoms with van der Waals surface area (Å²) in [6.45, 7) is 5.60. The second kappa shape index (κ2) is 8.19. The van der Waals surface area contributed by atoms with Gasteiger partial charge in [0.1, 0.15) is 16.4 Å². The Hall–Kier alpha value is -3.72. The van der Waals surface area contributed by atoms with E-state index >= 15 is 0 Å². The summed E-state index contributed by atoms with van der Waals surface area (Å²) in [6.07, 6.45) is 5.19. The molecular formula is C22H22N6O2S. The molecule has 0 aliphatic heterocycles. The van der Waals surface area contributed by atoms with Gasteiger partial charge >= 0.3 is 0 Å². The van der Waals surface area contributed by atoms with Crippen LogP contribution in [0.15, 0.2) is 42.9 Å². The molecule has 0 fully saturated rings. The molecule has 0 saturated heterocycles. The summed E-state index contributed by atoms with van der Waals surface area (Å²) < 4.78 is 1.73. The number of phenolic OH excluding ortho intramolecular Hbond substituents is 1. The van der Waals surface area contributed by atoms with Crippen LogP contribution in [0.5, 0.6) is 5.75 Å². The third-order valence-electron chi connectivity index (χ3n) is 4.94. The van der Waals surface area contributed by atoms with Gasteiger partial charge in [-0.05, 0) is 44.0 Å². The Kier molecular flexibility index (Phi) is 5.43. The van der Waals surface area contributed by atoms with Crippen LogP contribution in [-0.2, 0) is 7.05 Å². The van der Waals surface area contributed by atoms with Crippen molar-refractivity contribution in [2.24, 2.45) is 7.05 Å². The van der Waals surface area contributed by atoms with Crippen LogP contribution >= 0.6 is 11.3 Å². The maximum Gasteiger partial charge on any atom is 0.267 e. The first-order chi connectivity index (χ1) is 14.8. The molecule has 1 amide bonds. The summed E-state index contributed by atoms with van der Waals surface area (Å²) in [6, 6.07) is 7.30. The van der Waals surface area contributed by atoms with Gasteiger partial charge in [-0.1, -0.05) is 23.5 Å². The number of amides is 1. The second-order valence-electron chi connectivity index (χ2n) is 7.28. The Morgan fingerprint density at radius 1 is 1.10 bits per heavy atom. The van der Waals surface area contributed by atoms with Crippen LogP contribution in [0.4, 0.5) is 16.6 Å². The number of aryl methyl sites for hydroxylation is 3. The summed E-state index contributed by atoms with van der Waals surface area (Å²) in [5.74, 6) is 0.529. The van der Waals surface area contributed by atoms with E-state index in [-0.39, 0.29) is 11.7 Å². The number of aromatic nitrogens is 4. The minimum Gasteiger partial charge on any atom is -0.508 e. The zero-order chi connectivity index (χ0) is 22.1. The number of thiazole rings is 1. The lowest BCUT2D eigenvalue weighted by Crippen LogP contribution is -2.12. The van der Waals surface area contributed by atoms with Crippen LogP contribution in [0.3, 0.4) is 0 Å². The monoisotopic (exact) mass is 434 g/mol. The molecule has 0 radical (unpaired) electrons. The van der Waals surface area contributed by atoms with Crippen molar-refractivity contribution in [2.45, 2.75) is 20.8 Å². The maximum atomic E-state index is 12.7. The number of carbonyl (C=O) groups excluding carboxylic acids is 1. The number of anilines is 3. The first kappa shape index (κ1) is 20.5. The minimum atomic E-state index is -0.281. The van der Waals surface area contributed by atoms with Crippen LogP contribution in [-0.4, -0.2) is 30.8 Å². The molecule has 4 rings (SSSR count). The fourth-order valence-electron chi connectivity index (χ4n) is 3.11. The molecule has 0 aliphatic carbocycles. The first-order valence-corrected chi connectivity index (χ1v) is 10.4. The number of benzene rings is 1. The molecule has 31 heavy (non-hydrogen) atoms.